The Kier molecular flexibility index (Phi) is 24.5. The van der Waals surface area contributed by atoms with Gasteiger partial charge in [0.15, 0.2) is 11.9 Å². The summed E-state index contributed by atoms with van der Waals surface area (Å²) in [6, 6.07) is 4.71. The summed E-state index contributed by atoms with van der Waals surface area (Å²) in [6.07, 6.45) is 44.6. The fourth-order valence-electron chi connectivity index (χ4n) is 7.84. The van der Waals surface area contributed by atoms with Crippen LogP contribution < -0.4 is 15.3 Å². The number of benzene rings is 1. The van der Waals surface area contributed by atoms with Gasteiger partial charge in [0.2, 0.25) is 0 Å². The van der Waals surface area contributed by atoms with Crippen LogP contribution in [0.2, 0.25) is 0 Å². The average molecular weight is 772 g/mol. The van der Waals surface area contributed by atoms with Crippen LogP contribution in [0.3, 0.4) is 0 Å². The Hall–Kier alpha value is -4.17. The molecule has 0 spiro atoms. The lowest BCUT2D eigenvalue weighted by molar-refractivity contribution is -0.460. The van der Waals surface area contributed by atoms with E-state index in [0.29, 0.717) is 0 Å². The minimum atomic E-state index is -0.190. The molecular formula is C55H83N2+. The molecule has 2 aliphatic carbocycles. The highest BCUT2D eigenvalue weighted by Gasteiger charge is 2.41. The van der Waals surface area contributed by atoms with Crippen LogP contribution in [0.4, 0.5) is 5.69 Å². The fraction of sp³-hybridized carbons (Fsp3) is 0.473. The third-order valence-electron chi connectivity index (χ3n) is 10.7. The lowest BCUT2D eigenvalue weighted by Gasteiger charge is -2.29. The van der Waals surface area contributed by atoms with Gasteiger partial charge in [-0.25, -0.2) is 4.58 Å². The molecule has 4 aliphatic rings. The standard InChI is InChI=1S/C46H59N2.C3H8.2C2H6.C2H4/c1-8-10-12-16-22-33-47-35-32-38-25-23-27-39(38)36(3)45(4,5)42(47)28-17-14-13-15-18-29-43-46(6,7)44-40-26-20-19-24-37(40)30-31-41(44)48(43)34-21-11-9-2;1-3-2;3*1-2/h8,13-15,17-18,24-32,35H,1,3,9-12,16,19-23,33-34H2,2,4-7H3;3H2,1-2H3;2*1-2H3;1-2H2/q+1;;;;/b35-32-;;;;. The van der Waals surface area contributed by atoms with Crippen molar-refractivity contribution < 1.29 is 4.58 Å². The maximum atomic E-state index is 4.62. The molecule has 2 nitrogen and oxygen atoms in total. The van der Waals surface area contributed by atoms with E-state index in [2.05, 4.69) is 176 Å². The summed E-state index contributed by atoms with van der Waals surface area (Å²) in [5.41, 5.74) is 9.16. The lowest BCUT2D eigenvalue weighted by atomic mass is 9.74. The van der Waals surface area contributed by atoms with Crippen molar-refractivity contribution in [2.75, 3.05) is 18.0 Å². The molecule has 0 saturated carbocycles. The molecule has 2 heteroatoms. The molecule has 0 bridgehead atoms. The van der Waals surface area contributed by atoms with Crippen molar-refractivity contribution in [3.63, 3.8) is 0 Å². The van der Waals surface area contributed by atoms with Gasteiger partial charge in [-0.3, -0.25) is 0 Å². The van der Waals surface area contributed by atoms with E-state index in [0.717, 1.165) is 45.2 Å². The van der Waals surface area contributed by atoms with Crippen molar-refractivity contribution in [2.24, 2.45) is 5.41 Å². The van der Waals surface area contributed by atoms with Gasteiger partial charge in [-0.05, 0) is 104 Å². The first kappa shape index (κ1) is 50.8. The summed E-state index contributed by atoms with van der Waals surface area (Å²) in [5, 5.41) is 2.86. The van der Waals surface area contributed by atoms with Crippen LogP contribution in [-0.2, 0) is 5.41 Å². The van der Waals surface area contributed by atoms with Crippen molar-refractivity contribution in [1.29, 1.82) is 0 Å². The molecule has 0 radical (unpaired) electrons. The first-order chi connectivity index (χ1) is 27.6. The number of hydrogen-bond acceptors (Lipinski definition) is 1. The predicted octanol–water partition coefficient (Wildman–Crippen LogP) is 14.7. The van der Waals surface area contributed by atoms with E-state index in [1.54, 1.807) is 0 Å². The number of fused-ring (bicyclic) bond motifs is 4. The van der Waals surface area contributed by atoms with Crippen LogP contribution in [-0.4, -0.2) is 23.4 Å². The van der Waals surface area contributed by atoms with E-state index < -0.39 is 0 Å². The van der Waals surface area contributed by atoms with E-state index >= 15 is 0 Å². The van der Waals surface area contributed by atoms with Gasteiger partial charge in [-0.15, -0.1) is 19.7 Å². The third kappa shape index (κ3) is 13.7. The molecule has 0 fully saturated rings. The van der Waals surface area contributed by atoms with Crippen LogP contribution >= 0.6 is 0 Å². The number of allylic oxidation sites excluding steroid dienone is 15. The topological polar surface area (TPSA) is 6.25 Å². The zero-order valence-corrected chi connectivity index (χ0v) is 38.7. The smallest absolute Gasteiger partial charge is 0.191 e. The summed E-state index contributed by atoms with van der Waals surface area (Å²) in [6.45, 7) is 40.6. The summed E-state index contributed by atoms with van der Waals surface area (Å²) in [4.78, 5) is 2.60. The first-order valence-electron chi connectivity index (χ1n) is 22.5. The maximum absolute atomic E-state index is 4.62. The number of hydrogen-bond donors (Lipinski definition) is 0. The molecule has 5 rings (SSSR count). The zero-order valence-electron chi connectivity index (χ0n) is 38.7. The molecular weight excluding hydrogens is 689 g/mol. The molecule has 1 aromatic carbocycles. The Morgan fingerprint density at radius 3 is 2.12 bits per heavy atom. The van der Waals surface area contributed by atoms with Gasteiger partial charge in [0, 0.05) is 41.9 Å². The summed E-state index contributed by atoms with van der Waals surface area (Å²) < 4.78 is 2.46. The van der Waals surface area contributed by atoms with Gasteiger partial charge in [-0.1, -0.05) is 155 Å². The van der Waals surface area contributed by atoms with Crippen LogP contribution in [0.25, 0.3) is 12.2 Å². The number of rotatable bonds is 14. The van der Waals surface area contributed by atoms with Crippen LogP contribution in [0.1, 0.15) is 152 Å². The monoisotopic (exact) mass is 772 g/mol. The summed E-state index contributed by atoms with van der Waals surface area (Å²) >= 11 is 0. The molecule has 2 heterocycles. The maximum Gasteiger partial charge on any atom is 0.191 e. The minimum absolute atomic E-state index is 0.0438. The molecule has 312 valence electrons. The number of anilines is 1. The largest absolute Gasteiger partial charge is 0.344 e. The molecule has 0 atom stereocenters. The SMILES string of the molecule is C=C.C=CCCCCC[N+]1=C(\C=C\C=C\C=C\C=C2/N(CCCCC)c3ccc4c(c3C2(C)C)=CCCC=4)C(C)(C)C(=C)C2=CCC=C2/C=C\1.CC.CC.CCC. The number of unbranched alkanes of at least 4 members (excludes halogenated alkanes) is 5. The highest BCUT2D eigenvalue weighted by molar-refractivity contribution is 5.99. The van der Waals surface area contributed by atoms with Gasteiger partial charge in [0.05, 0.1) is 5.41 Å². The van der Waals surface area contributed by atoms with Crippen LogP contribution in [0.15, 0.2) is 134 Å². The van der Waals surface area contributed by atoms with Gasteiger partial charge in [0.1, 0.15) is 6.54 Å². The molecule has 1 aromatic rings. The second-order valence-corrected chi connectivity index (χ2v) is 15.5. The second-order valence-electron chi connectivity index (χ2n) is 15.5. The van der Waals surface area contributed by atoms with Crippen LogP contribution in [0.5, 0.6) is 0 Å². The summed E-state index contributed by atoms with van der Waals surface area (Å²) in [7, 11) is 0. The van der Waals surface area contributed by atoms with E-state index in [9.17, 15) is 0 Å². The Morgan fingerprint density at radius 1 is 0.772 bits per heavy atom. The normalized spacial score (nSPS) is 19.7. The third-order valence-corrected chi connectivity index (χ3v) is 10.7. The fourth-order valence-corrected chi connectivity index (χ4v) is 7.84. The molecule has 57 heavy (non-hydrogen) atoms. The van der Waals surface area contributed by atoms with Gasteiger partial charge in [-0.2, -0.15) is 0 Å². The molecule has 0 amide bonds. The van der Waals surface area contributed by atoms with Crippen LogP contribution in [0, 0.1) is 5.41 Å². The van der Waals surface area contributed by atoms with Gasteiger partial charge < -0.3 is 4.90 Å². The zero-order chi connectivity index (χ0) is 42.9. The van der Waals surface area contributed by atoms with E-state index in [-0.39, 0.29) is 10.8 Å². The average Bonchev–Trinajstić information content (AvgIpc) is 3.78. The Balaban J connectivity index is 0.00000167. The molecule has 0 N–H and O–H groups in total. The predicted molar refractivity (Wildman–Crippen MR) is 261 cm³/mol. The summed E-state index contributed by atoms with van der Waals surface area (Å²) in [5.74, 6) is 0. The van der Waals surface area contributed by atoms with E-state index in [1.807, 2.05) is 33.8 Å². The van der Waals surface area contributed by atoms with Gasteiger partial charge >= 0.3 is 0 Å². The van der Waals surface area contributed by atoms with Gasteiger partial charge in [0.25, 0.3) is 0 Å². The first-order valence-corrected chi connectivity index (χ1v) is 22.5. The Labute approximate surface area is 352 Å². The molecule has 2 aliphatic heterocycles. The van der Waals surface area contributed by atoms with Crippen molar-refractivity contribution in [2.45, 2.75) is 152 Å². The highest BCUT2D eigenvalue weighted by atomic mass is 15.2. The Bertz CT molecular complexity index is 1790. The molecule has 0 saturated heterocycles. The quantitative estimate of drug-likeness (QED) is 0.0790. The van der Waals surface area contributed by atoms with E-state index in [1.165, 1.54) is 88.3 Å². The van der Waals surface area contributed by atoms with Crippen molar-refractivity contribution >= 4 is 23.6 Å². The highest BCUT2D eigenvalue weighted by Crippen LogP contribution is 2.46. The minimum Gasteiger partial charge on any atom is -0.344 e. The van der Waals surface area contributed by atoms with Crippen molar-refractivity contribution in [3.8, 4) is 0 Å². The second kappa shape index (κ2) is 27.5. The van der Waals surface area contributed by atoms with E-state index in [4.69, 9.17) is 0 Å². The molecule has 0 aromatic heterocycles. The Morgan fingerprint density at radius 2 is 1.44 bits per heavy atom. The van der Waals surface area contributed by atoms with Crippen molar-refractivity contribution in [1.82, 2.24) is 0 Å². The molecule has 0 unspecified atom stereocenters. The van der Waals surface area contributed by atoms with Crippen molar-refractivity contribution in [3.05, 3.63) is 150 Å². The number of nitrogens with zero attached hydrogens (tertiary/aromatic N) is 2. The lowest BCUT2D eigenvalue weighted by Crippen LogP contribution is -2.35.